The summed E-state index contributed by atoms with van der Waals surface area (Å²) in [5.74, 6) is 0.761. The summed E-state index contributed by atoms with van der Waals surface area (Å²) in [6, 6.07) is 1.51. The number of hydrogen-bond donors (Lipinski definition) is 2. The zero-order chi connectivity index (χ0) is 11.0. The molecular weight excluding hydrogens is 204 g/mol. The summed E-state index contributed by atoms with van der Waals surface area (Å²) in [4.78, 5) is 2.60. The highest BCUT2D eigenvalue weighted by atomic mass is 15.5. The Kier molecular flexibility index (Phi) is 2.61. The molecule has 1 aromatic heterocycles. The number of H-pyrrole nitrogens is 1. The van der Waals surface area contributed by atoms with Crippen molar-refractivity contribution in [1.82, 2.24) is 30.8 Å². The molecule has 3 heterocycles. The molecule has 0 bridgehead atoms. The standard InChI is InChI=1S/C10H18N6/c1-7(10-12-14-15-13-10)11-8-4-6-16-5-2-3-9(8)16/h7-9,11H,2-6H2,1H3,(H,12,13,14,15). The molecule has 0 radical (unpaired) electrons. The number of rotatable bonds is 3. The van der Waals surface area contributed by atoms with Gasteiger partial charge in [-0.1, -0.05) is 5.21 Å². The molecule has 0 aliphatic carbocycles. The summed E-state index contributed by atoms with van der Waals surface area (Å²) in [5, 5.41) is 17.8. The number of nitrogens with one attached hydrogen (secondary N) is 2. The monoisotopic (exact) mass is 222 g/mol. The van der Waals surface area contributed by atoms with Crippen LogP contribution in [0.4, 0.5) is 0 Å². The van der Waals surface area contributed by atoms with Gasteiger partial charge in [-0.15, -0.1) is 10.2 Å². The van der Waals surface area contributed by atoms with Gasteiger partial charge in [0, 0.05) is 18.6 Å². The Balaban J connectivity index is 1.62. The molecule has 2 fully saturated rings. The summed E-state index contributed by atoms with van der Waals surface area (Å²) >= 11 is 0. The Morgan fingerprint density at radius 1 is 1.44 bits per heavy atom. The van der Waals surface area contributed by atoms with Gasteiger partial charge in [0.25, 0.3) is 0 Å². The fraction of sp³-hybridized carbons (Fsp3) is 0.900. The minimum atomic E-state index is 0.185. The Bertz CT molecular complexity index is 337. The molecule has 3 rings (SSSR count). The van der Waals surface area contributed by atoms with Crippen molar-refractivity contribution in [2.45, 2.75) is 44.3 Å². The smallest absolute Gasteiger partial charge is 0.191 e. The first-order chi connectivity index (χ1) is 7.84. The second kappa shape index (κ2) is 4.10. The summed E-state index contributed by atoms with van der Waals surface area (Å²) in [7, 11) is 0. The van der Waals surface area contributed by atoms with E-state index >= 15 is 0 Å². The SMILES string of the molecule is CC(NC1CCN2CCCC12)c1nn[nH]n1. The van der Waals surface area contributed by atoms with Crippen LogP contribution in [0.1, 0.15) is 38.1 Å². The maximum Gasteiger partial charge on any atom is 0.191 e. The third kappa shape index (κ3) is 1.72. The molecular formula is C10H18N6. The summed E-state index contributed by atoms with van der Waals surface area (Å²) < 4.78 is 0. The van der Waals surface area contributed by atoms with Gasteiger partial charge in [0.05, 0.1) is 6.04 Å². The van der Waals surface area contributed by atoms with E-state index in [2.05, 4.69) is 37.8 Å². The number of aromatic nitrogens is 4. The van der Waals surface area contributed by atoms with Gasteiger partial charge >= 0.3 is 0 Å². The van der Waals surface area contributed by atoms with Gasteiger partial charge in [-0.3, -0.25) is 4.90 Å². The lowest BCUT2D eigenvalue weighted by atomic mass is 10.1. The van der Waals surface area contributed by atoms with Gasteiger partial charge in [0.2, 0.25) is 0 Å². The highest BCUT2D eigenvalue weighted by molar-refractivity contribution is 4.98. The maximum absolute atomic E-state index is 4.02. The van der Waals surface area contributed by atoms with Crippen molar-refractivity contribution >= 4 is 0 Å². The van der Waals surface area contributed by atoms with Crippen LogP contribution in [0, 0.1) is 0 Å². The van der Waals surface area contributed by atoms with Crippen LogP contribution >= 0.6 is 0 Å². The van der Waals surface area contributed by atoms with Gasteiger partial charge in [-0.05, 0) is 32.7 Å². The fourth-order valence-corrected chi connectivity index (χ4v) is 3.03. The number of tetrazole rings is 1. The minimum Gasteiger partial charge on any atom is -0.303 e. The van der Waals surface area contributed by atoms with E-state index < -0.39 is 0 Å². The summed E-state index contributed by atoms with van der Waals surface area (Å²) in [6.07, 6.45) is 3.92. The third-order valence-electron chi connectivity index (χ3n) is 3.82. The molecule has 16 heavy (non-hydrogen) atoms. The maximum atomic E-state index is 4.02. The van der Waals surface area contributed by atoms with E-state index in [9.17, 15) is 0 Å². The van der Waals surface area contributed by atoms with E-state index in [1.54, 1.807) is 0 Å². The number of aromatic amines is 1. The molecule has 0 amide bonds. The molecule has 2 saturated heterocycles. The topological polar surface area (TPSA) is 69.7 Å². The molecule has 1 aromatic rings. The summed E-state index contributed by atoms with van der Waals surface area (Å²) in [5.41, 5.74) is 0. The van der Waals surface area contributed by atoms with Crippen LogP contribution in [-0.4, -0.2) is 50.7 Å². The molecule has 2 aliphatic heterocycles. The molecule has 0 spiro atoms. The van der Waals surface area contributed by atoms with Crippen molar-refractivity contribution in [3.05, 3.63) is 5.82 Å². The van der Waals surface area contributed by atoms with Gasteiger partial charge in [-0.25, -0.2) is 0 Å². The Morgan fingerprint density at radius 3 is 3.19 bits per heavy atom. The van der Waals surface area contributed by atoms with Crippen LogP contribution in [0.25, 0.3) is 0 Å². The molecule has 3 unspecified atom stereocenters. The molecule has 6 nitrogen and oxygen atoms in total. The first kappa shape index (κ1) is 10.2. The quantitative estimate of drug-likeness (QED) is 0.758. The lowest BCUT2D eigenvalue weighted by Crippen LogP contribution is -2.40. The van der Waals surface area contributed by atoms with E-state index in [1.165, 1.54) is 32.4 Å². The minimum absolute atomic E-state index is 0.185. The zero-order valence-corrected chi connectivity index (χ0v) is 9.56. The second-order valence-corrected chi connectivity index (χ2v) is 4.80. The van der Waals surface area contributed by atoms with E-state index in [1.807, 2.05) is 0 Å². The predicted octanol–water partition coefficient (Wildman–Crippen LogP) is 0.0870. The molecule has 0 saturated carbocycles. The van der Waals surface area contributed by atoms with Crippen LogP contribution in [0.15, 0.2) is 0 Å². The normalized spacial score (nSPS) is 31.8. The Labute approximate surface area is 94.8 Å². The molecule has 2 aliphatic rings. The van der Waals surface area contributed by atoms with Crippen molar-refractivity contribution in [1.29, 1.82) is 0 Å². The van der Waals surface area contributed by atoms with E-state index in [0.717, 1.165) is 11.9 Å². The van der Waals surface area contributed by atoms with E-state index in [4.69, 9.17) is 0 Å². The van der Waals surface area contributed by atoms with E-state index in [-0.39, 0.29) is 6.04 Å². The molecule has 6 heteroatoms. The Hall–Kier alpha value is -1.01. The lowest BCUT2D eigenvalue weighted by molar-refractivity contribution is 0.290. The third-order valence-corrected chi connectivity index (χ3v) is 3.82. The van der Waals surface area contributed by atoms with Gasteiger partial charge in [0.1, 0.15) is 0 Å². The average Bonchev–Trinajstić information content (AvgIpc) is 2.94. The highest BCUT2D eigenvalue weighted by Gasteiger charge is 2.37. The van der Waals surface area contributed by atoms with Crippen molar-refractivity contribution < 1.29 is 0 Å². The highest BCUT2D eigenvalue weighted by Crippen LogP contribution is 2.29. The molecule has 2 N–H and O–H groups in total. The van der Waals surface area contributed by atoms with Gasteiger partial charge in [-0.2, -0.15) is 5.21 Å². The number of hydrogen-bond acceptors (Lipinski definition) is 5. The van der Waals surface area contributed by atoms with Gasteiger partial charge < -0.3 is 5.32 Å². The van der Waals surface area contributed by atoms with Crippen LogP contribution in [-0.2, 0) is 0 Å². The molecule has 3 atom stereocenters. The second-order valence-electron chi connectivity index (χ2n) is 4.80. The van der Waals surface area contributed by atoms with Crippen molar-refractivity contribution in [2.75, 3.05) is 13.1 Å². The van der Waals surface area contributed by atoms with Crippen molar-refractivity contribution in [3.8, 4) is 0 Å². The number of fused-ring (bicyclic) bond motifs is 1. The van der Waals surface area contributed by atoms with Gasteiger partial charge in [0.15, 0.2) is 5.82 Å². The molecule has 0 aromatic carbocycles. The predicted molar refractivity (Wildman–Crippen MR) is 58.7 cm³/mol. The fourth-order valence-electron chi connectivity index (χ4n) is 3.03. The van der Waals surface area contributed by atoms with Crippen molar-refractivity contribution in [3.63, 3.8) is 0 Å². The average molecular weight is 222 g/mol. The number of nitrogens with zero attached hydrogens (tertiary/aromatic N) is 4. The summed E-state index contributed by atoms with van der Waals surface area (Å²) in [6.45, 7) is 4.61. The first-order valence-electron chi connectivity index (χ1n) is 6.08. The lowest BCUT2D eigenvalue weighted by Gasteiger charge is -2.23. The van der Waals surface area contributed by atoms with E-state index in [0.29, 0.717) is 6.04 Å². The van der Waals surface area contributed by atoms with Crippen LogP contribution in [0.3, 0.4) is 0 Å². The largest absolute Gasteiger partial charge is 0.303 e. The first-order valence-corrected chi connectivity index (χ1v) is 6.08. The van der Waals surface area contributed by atoms with Crippen LogP contribution in [0.2, 0.25) is 0 Å². The Morgan fingerprint density at radius 2 is 2.38 bits per heavy atom. The zero-order valence-electron chi connectivity index (χ0n) is 9.56. The van der Waals surface area contributed by atoms with Crippen LogP contribution in [0.5, 0.6) is 0 Å². The molecule has 88 valence electrons. The van der Waals surface area contributed by atoms with Crippen LogP contribution < -0.4 is 5.32 Å². The van der Waals surface area contributed by atoms with Crippen molar-refractivity contribution in [2.24, 2.45) is 0 Å².